The van der Waals surface area contributed by atoms with Gasteiger partial charge in [-0.15, -0.1) is 0 Å². The molecule has 0 atom stereocenters. The second-order valence-electron chi connectivity index (χ2n) is 3.20. The van der Waals surface area contributed by atoms with E-state index in [0.717, 1.165) is 12.1 Å². The van der Waals surface area contributed by atoms with Crippen LogP contribution in [0.2, 0.25) is 0 Å². The largest absolute Gasteiger partial charge is 0.478 e. The Bertz CT molecular complexity index is 399. The van der Waals surface area contributed by atoms with Crippen LogP contribution in [-0.2, 0) is 12.6 Å². The van der Waals surface area contributed by atoms with E-state index in [-0.39, 0.29) is 18.6 Å². The van der Waals surface area contributed by atoms with Gasteiger partial charge in [-0.25, -0.2) is 4.79 Å². The van der Waals surface area contributed by atoms with Gasteiger partial charge in [0.25, 0.3) is 0 Å². The monoisotopic (exact) mass is 234 g/mol. The zero-order chi connectivity index (χ0) is 12.3. The number of hydrogen-bond donors (Lipinski definition) is 2. The number of carboxylic acids is 1. The first-order chi connectivity index (χ1) is 7.34. The van der Waals surface area contributed by atoms with Crippen LogP contribution in [0.15, 0.2) is 18.2 Å². The molecular formula is C10H9F3O3. The van der Waals surface area contributed by atoms with Crippen LogP contribution < -0.4 is 0 Å². The summed E-state index contributed by atoms with van der Waals surface area (Å²) in [7, 11) is 0. The lowest BCUT2D eigenvalue weighted by atomic mass is 10.0. The zero-order valence-electron chi connectivity index (χ0n) is 8.08. The standard InChI is InChI=1S/C10H9F3O3/c11-10(12,13)8-4-6(1-2-14)3-7(5-8)9(15)16/h3-5,14H,1-2H2,(H,15,16). The Balaban J connectivity index is 3.24. The SMILES string of the molecule is O=C(O)c1cc(CCO)cc(C(F)(F)F)c1. The van der Waals surface area contributed by atoms with Gasteiger partial charge in [0, 0.05) is 6.61 Å². The van der Waals surface area contributed by atoms with Crippen LogP contribution in [0.4, 0.5) is 13.2 Å². The number of aliphatic hydroxyl groups is 1. The summed E-state index contributed by atoms with van der Waals surface area (Å²) < 4.78 is 37.2. The fourth-order valence-electron chi connectivity index (χ4n) is 1.25. The van der Waals surface area contributed by atoms with Gasteiger partial charge in [0.05, 0.1) is 11.1 Å². The van der Waals surface area contributed by atoms with E-state index in [1.54, 1.807) is 0 Å². The van der Waals surface area contributed by atoms with Crippen LogP contribution >= 0.6 is 0 Å². The Morgan fingerprint density at radius 3 is 2.31 bits per heavy atom. The van der Waals surface area contributed by atoms with Crippen LogP contribution in [0.5, 0.6) is 0 Å². The zero-order valence-corrected chi connectivity index (χ0v) is 8.08. The minimum Gasteiger partial charge on any atom is -0.478 e. The Morgan fingerprint density at radius 2 is 1.88 bits per heavy atom. The third kappa shape index (κ3) is 2.96. The maximum atomic E-state index is 12.4. The number of rotatable bonds is 3. The molecule has 1 aromatic carbocycles. The molecule has 0 saturated heterocycles. The summed E-state index contributed by atoms with van der Waals surface area (Å²) in [5, 5.41) is 17.3. The molecule has 1 aromatic rings. The van der Waals surface area contributed by atoms with Crippen molar-refractivity contribution in [3.05, 3.63) is 34.9 Å². The molecule has 0 aromatic heterocycles. The van der Waals surface area contributed by atoms with E-state index in [0.29, 0.717) is 6.07 Å². The number of aromatic carboxylic acids is 1. The van der Waals surface area contributed by atoms with Crippen LogP contribution in [0.25, 0.3) is 0 Å². The van der Waals surface area contributed by atoms with E-state index in [4.69, 9.17) is 10.2 Å². The lowest BCUT2D eigenvalue weighted by molar-refractivity contribution is -0.137. The van der Waals surface area contributed by atoms with Gasteiger partial charge in [0.15, 0.2) is 0 Å². The minimum atomic E-state index is -4.59. The van der Waals surface area contributed by atoms with Crippen molar-refractivity contribution in [1.82, 2.24) is 0 Å². The van der Waals surface area contributed by atoms with E-state index >= 15 is 0 Å². The van der Waals surface area contributed by atoms with E-state index in [9.17, 15) is 18.0 Å². The summed E-state index contributed by atoms with van der Waals surface area (Å²) in [6, 6.07) is 2.53. The van der Waals surface area contributed by atoms with Gasteiger partial charge in [0.2, 0.25) is 0 Å². The number of aliphatic hydroxyl groups excluding tert-OH is 1. The highest BCUT2D eigenvalue weighted by atomic mass is 19.4. The molecule has 88 valence electrons. The lowest BCUT2D eigenvalue weighted by Crippen LogP contribution is -2.09. The van der Waals surface area contributed by atoms with E-state index in [2.05, 4.69) is 0 Å². The van der Waals surface area contributed by atoms with Crippen LogP contribution in [0.3, 0.4) is 0 Å². The molecule has 0 bridgehead atoms. The molecule has 0 aliphatic heterocycles. The first-order valence-electron chi connectivity index (χ1n) is 4.40. The second-order valence-corrected chi connectivity index (χ2v) is 3.20. The number of benzene rings is 1. The molecule has 0 heterocycles. The van der Waals surface area contributed by atoms with Crippen molar-refractivity contribution in [2.24, 2.45) is 0 Å². The van der Waals surface area contributed by atoms with E-state index in [1.165, 1.54) is 0 Å². The quantitative estimate of drug-likeness (QED) is 0.840. The molecule has 0 spiro atoms. The number of halogens is 3. The van der Waals surface area contributed by atoms with Crippen LogP contribution in [0.1, 0.15) is 21.5 Å². The average molecular weight is 234 g/mol. The summed E-state index contributed by atoms with van der Waals surface area (Å²) in [5.41, 5.74) is -1.30. The molecule has 0 aliphatic carbocycles. The van der Waals surface area contributed by atoms with Gasteiger partial charge in [-0.3, -0.25) is 0 Å². The second kappa shape index (κ2) is 4.52. The van der Waals surface area contributed by atoms with Crippen LogP contribution in [-0.4, -0.2) is 22.8 Å². The van der Waals surface area contributed by atoms with Crippen molar-refractivity contribution in [3.63, 3.8) is 0 Å². The van der Waals surface area contributed by atoms with Gasteiger partial charge >= 0.3 is 12.1 Å². The van der Waals surface area contributed by atoms with Crippen molar-refractivity contribution in [2.45, 2.75) is 12.6 Å². The Morgan fingerprint density at radius 1 is 1.25 bits per heavy atom. The maximum absolute atomic E-state index is 12.4. The van der Waals surface area contributed by atoms with Crippen molar-refractivity contribution in [3.8, 4) is 0 Å². The van der Waals surface area contributed by atoms with Gasteiger partial charge in [0.1, 0.15) is 0 Å². The minimum absolute atomic E-state index is 0.00972. The topological polar surface area (TPSA) is 57.5 Å². The van der Waals surface area contributed by atoms with Crippen molar-refractivity contribution in [1.29, 1.82) is 0 Å². The molecule has 0 unspecified atom stereocenters. The molecule has 16 heavy (non-hydrogen) atoms. The molecular weight excluding hydrogens is 225 g/mol. The molecule has 2 N–H and O–H groups in total. The number of carboxylic acid groups (broad SMARTS) is 1. The number of carbonyl (C=O) groups is 1. The normalized spacial score (nSPS) is 11.5. The Kier molecular flexibility index (Phi) is 3.54. The third-order valence-electron chi connectivity index (χ3n) is 1.97. The van der Waals surface area contributed by atoms with Crippen molar-refractivity contribution >= 4 is 5.97 Å². The highest BCUT2D eigenvalue weighted by Gasteiger charge is 2.31. The van der Waals surface area contributed by atoms with Gasteiger partial charge in [-0.2, -0.15) is 13.2 Å². The predicted octanol–water partition coefficient (Wildman–Crippen LogP) is 1.94. The molecule has 0 amide bonds. The molecule has 0 saturated carbocycles. The summed E-state index contributed by atoms with van der Waals surface area (Å²) in [6.45, 7) is -0.333. The van der Waals surface area contributed by atoms with Crippen molar-refractivity contribution < 1.29 is 28.2 Å². The van der Waals surface area contributed by atoms with E-state index in [1.807, 2.05) is 0 Å². The molecule has 0 fully saturated rings. The van der Waals surface area contributed by atoms with Gasteiger partial charge < -0.3 is 10.2 Å². The molecule has 3 nitrogen and oxygen atoms in total. The molecule has 0 radical (unpaired) electrons. The summed E-state index contributed by atoms with van der Waals surface area (Å²) in [6.07, 6.45) is -4.60. The summed E-state index contributed by atoms with van der Waals surface area (Å²) in [5.74, 6) is -1.43. The number of alkyl halides is 3. The fourth-order valence-corrected chi connectivity index (χ4v) is 1.25. The molecule has 6 heteroatoms. The third-order valence-corrected chi connectivity index (χ3v) is 1.97. The maximum Gasteiger partial charge on any atom is 0.416 e. The first kappa shape index (κ1) is 12.5. The smallest absolute Gasteiger partial charge is 0.416 e. The Labute approximate surface area is 89.1 Å². The summed E-state index contributed by atoms with van der Waals surface area (Å²) in [4.78, 5) is 10.6. The van der Waals surface area contributed by atoms with E-state index < -0.39 is 23.3 Å². The molecule has 0 aliphatic rings. The number of hydrogen-bond acceptors (Lipinski definition) is 2. The van der Waals surface area contributed by atoms with Gasteiger partial charge in [-0.05, 0) is 30.2 Å². The molecule has 1 rings (SSSR count). The van der Waals surface area contributed by atoms with Gasteiger partial charge in [-0.1, -0.05) is 0 Å². The first-order valence-corrected chi connectivity index (χ1v) is 4.40. The average Bonchev–Trinajstić information content (AvgIpc) is 2.16. The van der Waals surface area contributed by atoms with Crippen molar-refractivity contribution in [2.75, 3.05) is 6.61 Å². The fraction of sp³-hybridized carbons (Fsp3) is 0.300. The lowest BCUT2D eigenvalue weighted by Gasteiger charge is -2.10. The highest BCUT2D eigenvalue weighted by Crippen LogP contribution is 2.30. The Hall–Kier alpha value is -1.56. The predicted molar refractivity (Wildman–Crippen MR) is 49.2 cm³/mol. The summed E-state index contributed by atoms with van der Waals surface area (Å²) >= 11 is 0. The highest BCUT2D eigenvalue weighted by molar-refractivity contribution is 5.88. The van der Waals surface area contributed by atoms with Crippen LogP contribution in [0, 0.1) is 0 Å².